The van der Waals surface area contributed by atoms with E-state index >= 15 is 0 Å². The predicted octanol–water partition coefficient (Wildman–Crippen LogP) is 4.55. The lowest BCUT2D eigenvalue weighted by Crippen LogP contribution is -2.14. The zero-order valence-corrected chi connectivity index (χ0v) is 11.4. The molecule has 94 valence electrons. The smallest absolute Gasteiger partial charge is 0.0397 e. The van der Waals surface area contributed by atoms with Crippen LogP contribution in [0, 0.1) is 0 Å². The molecule has 0 aromatic heterocycles. The normalized spacial score (nSPS) is 11.5. The van der Waals surface area contributed by atoms with Crippen LogP contribution in [0.3, 0.4) is 0 Å². The molecule has 0 amide bonds. The molecule has 0 aliphatic carbocycles. The minimum Gasteiger partial charge on any atom is -0.381 e. The highest BCUT2D eigenvalue weighted by Gasteiger charge is 1.91. The molecular weight excluding hydrogens is 206 g/mol. The van der Waals surface area contributed by atoms with E-state index in [1.54, 1.807) is 18.2 Å². The first-order chi connectivity index (χ1) is 8.28. The minimum atomic E-state index is 0.770. The van der Waals surface area contributed by atoms with Gasteiger partial charge in [0, 0.05) is 12.2 Å². The van der Waals surface area contributed by atoms with Crippen molar-refractivity contribution in [1.29, 1.82) is 0 Å². The Labute approximate surface area is 107 Å². The van der Waals surface area contributed by atoms with E-state index in [0.29, 0.717) is 0 Å². The van der Waals surface area contributed by atoms with Crippen molar-refractivity contribution in [1.82, 2.24) is 5.32 Å². The molecule has 0 unspecified atom stereocenters. The number of allylic oxidation sites excluding steroid dienone is 6. The van der Waals surface area contributed by atoms with Gasteiger partial charge in [0.2, 0.25) is 0 Å². The number of hydrogen-bond donors (Lipinski definition) is 1. The highest BCUT2D eigenvalue weighted by atomic mass is 14.9. The van der Waals surface area contributed by atoms with Crippen molar-refractivity contribution in [3.63, 3.8) is 0 Å². The SMILES string of the molecule is C=C/C=C\C(=C/C)CN/C(C=C)=C/C=C.CC. The van der Waals surface area contributed by atoms with Crippen molar-refractivity contribution in [2.75, 3.05) is 6.54 Å². The summed E-state index contributed by atoms with van der Waals surface area (Å²) in [4.78, 5) is 0. The Morgan fingerprint density at radius 2 is 1.76 bits per heavy atom. The Balaban J connectivity index is 0. The molecule has 0 spiro atoms. The average Bonchev–Trinajstić information content (AvgIpc) is 2.39. The average molecular weight is 231 g/mol. The summed E-state index contributed by atoms with van der Waals surface area (Å²) >= 11 is 0. The van der Waals surface area contributed by atoms with Gasteiger partial charge in [-0.3, -0.25) is 0 Å². The summed E-state index contributed by atoms with van der Waals surface area (Å²) in [6.07, 6.45) is 13.2. The molecule has 0 aliphatic heterocycles. The maximum absolute atomic E-state index is 3.71. The second-order valence-corrected chi connectivity index (χ2v) is 2.87. The van der Waals surface area contributed by atoms with Crippen LogP contribution in [0.2, 0.25) is 0 Å². The summed E-state index contributed by atoms with van der Waals surface area (Å²) in [5, 5.41) is 3.25. The van der Waals surface area contributed by atoms with Gasteiger partial charge in [-0.1, -0.05) is 64.0 Å². The molecule has 0 heterocycles. The van der Waals surface area contributed by atoms with Crippen molar-refractivity contribution in [2.45, 2.75) is 20.8 Å². The van der Waals surface area contributed by atoms with Crippen molar-refractivity contribution in [3.8, 4) is 0 Å². The standard InChI is InChI=1S/C14H19N.C2H6/c1-5-9-11-13(7-3)12-15-14(8-4)10-6-2;1-2/h5-11,15H,1-2,4,12H2,3H3;1-2H3/b11-9-,13-7+,14-10+;. The predicted molar refractivity (Wildman–Crippen MR) is 80.9 cm³/mol. The van der Waals surface area contributed by atoms with E-state index in [9.17, 15) is 0 Å². The molecule has 0 bridgehead atoms. The van der Waals surface area contributed by atoms with Crippen molar-refractivity contribution < 1.29 is 0 Å². The third kappa shape index (κ3) is 10.5. The van der Waals surface area contributed by atoms with Crippen LogP contribution in [0.25, 0.3) is 0 Å². The van der Waals surface area contributed by atoms with Crippen LogP contribution in [0.5, 0.6) is 0 Å². The number of nitrogens with one attached hydrogen (secondary N) is 1. The van der Waals surface area contributed by atoms with Crippen LogP contribution < -0.4 is 5.32 Å². The summed E-state index contributed by atoms with van der Waals surface area (Å²) in [6, 6.07) is 0. The Hall–Kier alpha value is -1.76. The molecular formula is C16H25N. The lowest BCUT2D eigenvalue weighted by Gasteiger charge is -2.06. The molecule has 1 N–H and O–H groups in total. The Kier molecular flexibility index (Phi) is 14.8. The van der Waals surface area contributed by atoms with Gasteiger partial charge >= 0.3 is 0 Å². The number of rotatable bonds is 7. The maximum Gasteiger partial charge on any atom is 0.0397 e. The first-order valence-electron chi connectivity index (χ1n) is 5.91. The first-order valence-corrected chi connectivity index (χ1v) is 5.91. The monoisotopic (exact) mass is 231 g/mol. The fourth-order valence-electron chi connectivity index (χ4n) is 0.979. The molecule has 0 radical (unpaired) electrons. The maximum atomic E-state index is 3.71. The van der Waals surface area contributed by atoms with E-state index in [1.165, 1.54) is 5.57 Å². The van der Waals surface area contributed by atoms with Crippen molar-refractivity contribution in [3.05, 3.63) is 73.5 Å². The molecule has 1 nitrogen and oxygen atoms in total. The van der Waals surface area contributed by atoms with Crippen LogP contribution >= 0.6 is 0 Å². The second-order valence-electron chi connectivity index (χ2n) is 2.87. The van der Waals surface area contributed by atoms with Gasteiger partial charge in [-0.2, -0.15) is 0 Å². The second kappa shape index (κ2) is 14.2. The molecule has 0 saturated heterocycles. The largest absolute Gasteiger partial charge is 0.381 e. The summed E-state index contributed by atoms with van der Waals surface area (Å²) < 4.78 is 0. The Morgan fingerprint density at radius 3 is 2.18 bits per heavy atom. The van der Waals surface area contributed by atoms with E-state index in [1.807, 2.05) is 39.0 Å². The molecule has 0 saturated carbocycles. The first kappa shape index (κ1) is 17.6. The Bertz CT molecular complexity index is 303. The van der Waals surface area contributed by atoms with Gasteiger partial charge in [-0.25, -0.2) is 0 Å². The fourth-order valence-corrected chi connectivity index (χ4v) is 0.979. The van der Waals surface area contributed by atoms with Gasteiger partial charge < -0.3 is 5.32 Å². The van der Waals surface area contributed by atoms with Crippen LogP contribution in [-0.4, -0.2) is 6.54 Å². The number of hydrogen-bond acceptors (Lipinski definition) is 1. The van der Waals surface area contributed by atoms with Crippen LogP contribution in [0.15, 0.2) is 73.5 Å². The van der Waals surface area contributed by atoms with E-state index in [0.717, 1.165) is 12.2 Å². The van der Waals surface area contributed by atoms with Crippen LogP contribution in [0.4, 0.5) is 0 Å². The van der Waals surface area contributed by atoms with Gasteiger partial charge in [0.1, 0.15) is 0 Å². The highest BCUT2D eigenvalue weighted by molar-refractivity contribution is 5.26. The molecule has 0 aromatic rings. The summed E-state index contributed by atoms with van der Waals surface area (Å²) in [7, 11) is 0. The van der Waals surface area contributed by atoms with E-state index < -0.39 is 0 Å². The van der Waals surface area contributed by atoms with Crippen molar-refractivity contribution in [2.24, 2.45) is 0 Å². The van der Waals surface area contributed by atoms with Gasteiger partial charge in [-0.05, 0) is 24.6 Å². The molecule has 0 aromatic carbocycles. The lowest BCUT2D eigenvalue weighted by molar-refractivity contribution is 0.910. The topological polar surface area (TPSA) is 12.0 Å². The quantitative estimate of drug-likeness (QED) is 0.634. The molecule has 0 fully saturated rings. The van der Waals surface area contributed by atoms with Gasteiger partial charge in [0.05, 0.1) is 0 Å². The third-order valence-corrected chi connectivity index (χ3v) is 1.83. The lowest BCUT2D eigenvalue weighted by atomic mass is 10.2. The summed E-state index contributed by atoms with van der Waals surface area (Å²) in [5.74, 6) is 0. The zero-order valence-electron chi connectivity index (χ0n) is 11.4. The van der Waals surface area contributed by atoms with E-state index in [4.69, 9.17) is 0 Å². The molecule has 0 rings (SSSR count). The fraction of sp³-hybridized carbons (Fsp3) is 0.250. The zero-order chi connectivity index (χ0) is 13.5. The van der Waals surface area contributed by atoms with Crippen molar-refractivity contribution >= 4 is 0 Å². The Morgan fingerprint density at radius 1 is 1.12 bits per heavy atom. The van der Waals surface area contributed by atoms with Crippen LogP contribution in [0.1, 0.15) is 20.8 Å². The molecule has 0 atom stereocenters. The van der Waals surface area contributed by atoms with E-state index in [-0.39, 0.29) is 0 Å². The van der Waals surface area contributed by atoms with Crippen LogP contribution in [-0.2, 0) is 0 Å². The molecule has 17 heavy (non-hydrogen) atoms. The summed E-state index contributed by atoms with van der Waals surface area (Å²) in [6.45, 7) is 17.8. The third-order valence-electron chi connectivity index (χ3n) is 1.83. The van der Waals surface area contributed by atoms with E-state index in [2.05, 4.69) is 31.1 Å². The van der Waals surface area contributed by atoms with Gasteiger partial charge in [-0.15, -0.1) is 0 Å². The van der Waals surface area contributed by atoms with Gasteiger partial charge in [0.15, 0.2) is 0 Å². The highest BCUT2D eigenvalue weighted by Crippen LogP contribution is 1.98. The minimum absolute atomic E-state index is 0.770. The molecule has 1 heteroatoms. The van der Waals surface area contributed by atoms with Gasteiger partial charge in [0.25, 0.3) is 0 Å². The summed E-state index contributed by atoms with van der Waals surface area (Å²) in [5.41, 5.74) is 2.17. The molecule has 0 aliphatic rings.